The first-order valence-electron chi connectivity index (χ1n) is 13.8. The highest BCUT2D eigenvalue weighted by molar-refractivity contribution is 7.86. The Morgan fingerprint density at radius 1 is 1.17 bits per heavy atom. The first-order valence-corrected chi connectivity index (χ1v) is 15.3. The first-order chi connectivity index (χ1) is 19.3. The lowest BCUT2D eigenvalue weighted by Crippen LogP contribution is -2.55. The summed E-state index contributed by atoms with van der Waals surface area (Å²) in [6.07, 6.45) is 0.833. The van der Waals surface area contributed by atoms with E-state index in [4.69, 9.17) is 4.74 Å². The van der Waals surface area contributed by atoms with Gasteiger partial charge in [-0.25, -0.2) is 13.2 Å². The maximum Gasteiger partial charge on any atom is 0.407 e. The number of rotatable bonds is 14. The molecule has 0 radical (unpaired) electrons. The van der Waals surface area contributed by atoms with Crippen LogP contribution in [0.3, 0.4) is 0 Å². The number of nitrogens with zero attached hydrogens (tertiary/aromatic N) is 1. The summed E-state index contributed by atoms with van der Waals surface area (Å²) in [4.78, 5) is 51.9. The molecule has 4 amide bonds. The summed E-state index contributed by atoms with van der Waals surface area (Å²) in [6.45, 7) is 4.36. The van der Waals surface area contributed by atoms with Gasteiger partial charge in [-0.2, -0.15) is 0 Å². The van der Waals surface area contributed by atoms with Gasteiger partial charge in [-0.05, 0) is 43.6 Å². The minimum atomic E-state index is -5.21. The van der Waals surface area contributed by atoms with Gasteiger partial charge < -0.3 is 35.2 Å². The minimum absolute atomic E-state index is 0.0270. The van der Waals surface area contributed by atoms with Crippen LogP contribution in [0.1, 0.15) is 51.5 Å². The molecule has 228 valence electrons. The van der Waals surface area contributed by atoms with Crippen molar-refractivity contribution in [3.8, 4) is 0 Å². The number of likely N-dealkylation sites (tertiary alicyclic amines) is 1. The second-order valence-corrected chi connectivity index (χ2v) is 12.4. The van der Waals surface area contributed by atoms with Crippen molar-refractivity contribution in [2.24, 2.45) is 11.8 Å². The van der Waals surface area contributed by atoms with Gasteiger partial charge in [0.05, 0.1) is 12.1 Å². The number of aliphatic hydroxyl groups excluding tert-OH is 1. The lowest BCUT2D eigenvalue weighted by atomic mass is 9.97. The Bertz CT molecular complexity index is 1180. The van der Waals surface area contributed by atoms with E-state index in [1.54, 1.807) is 18.7 Å². The average Bonchev–Trinajstić information content (AvgIpc) is 3.48. The van der Waals surface area contributed by atoms with Crippen LogP contribution in [0.25, 0.3) is 0 Å². The largest absolute Gasteiger partial charge is 0.746 e. The standard InChI is InChI=1S/C27H40N4O9S/c1-17(2)14-21(25(34)29-22(26(35)41(37,38)39)15-19-10-12-28-24(19)33)30-27(36)40-16-20-8-9-23(32)31(20)13-11-18-6-4-3-5-7-18/h3-7,17,19-22,26,35H,8-16H2,1-2H3,(H,28,33)(H,29,34)(H,30,36)(H,37,38,39)/p-1/t19-,20-,21-,22-,26?/m0/s1. The number of benzene rings is 1. The van der Waals surface area contributed by atoms with Gasteiger partial charge in [0.2, 0.25) is 17.7 Å². The van der Waals surface area contributed by atoms with Crippen LogP contribution in [-0.2, 0) is 35.7 Å². The van der Waals surface area contributed by atoms with Gasteiger partial charge in [0.1, 0.15) is 22.8 Å². The van der Waals surface area contributed by atoms with Crippen molar-refractivity contribution in [3.63, 3.8) is 0 Å². The number of ether oxygens (including phenoxy) is 1. The highest BCUT2D eigenvalue weighted by atomic mass is 32.2. The Hall–Kier alpha value is -3.23. The molecule has 1 aromatic rings. The molecule has 14 heteroatoms. The molecule has 2 saturated heterocycles. The number of alkyl carbamates (subject to hydrolysis) is 1. The van der Waals surface area contributed by atoms with Gasteiger partial charge in [-0.15, -0.1) is 0 Å². The fraction of sp³-hybridized carbons (Fsp3) is 0.630. The molecule has 1 aromatic carbocycles. The first kappa shape index (κ1) is 32.3. The summed E-state index contributed by atoms with van der Waals surface area (Å²) in [5.74, 6) is -2.01. The maximum atomic E-state index is 13.1. The van der Waals surface area contributed by atoms with E-state index in [0.717, 1.165) is 5.56 Å². The van der Waals surface area contributed by atoms with E-state index in [-0.39, 0.29) is 43.2 Å². The van der Waals surface area contributed by atoms with Gasteiger partial charge in [-0.3, -0.25) is 14.4 Å². The molecule has 0 spiro atoms. The maximum absolute atomic E-state index is 13.1. The Morgan fingerprint density at radius 2 is 1.88 bits per heavy atom. The predicted molar refractivity (Wildman–Crippen MR) is 146 cm³/mol. The molecule has 2 heterocycles. The van der Waals surface area contributed by atoms with E-state index < -0.39 is 45.6 Å². The number of hydrogen-bond donors (Lipinski definition) is 4. The smallest absolute Gasteiger partial charge is 0.407 e. The van der Waals surface area contributed by atoms with Gasteiger partial charge in [-0.1, -0.05) is 44.2 Å². The number of carbonyl (C=O) groups excluding carboxylic acids is 4. The molecule has 4 N–H and O–H groups in total. The molecular formula is C27H39N4O9S-. The third-order valence-corrected chi connectivity index (χ3v) is 8.25. The summed E-state index contributed by atoms with van der Waals surface area (Å²) in [6, 6.07) is 6.64. The molecular weight excluding hydrogens is 556 g/mol. The molecule has 5 atom stereocenters. The van der Waals surface area contributed by atoms with E-state index in [1.807, 2.05) is 30.3 Å². The van der Waals surface area contributed by atoms with Crippen LogP contribution in [0.5, 0.6) is 0 Å². The molecule has 41 heavy (non-hydrogen) atoms. The van der Waals surface area contributed by atoms with Crippen molar-refractivity contribution >= 4 is 33.9 Å². The topological polar surface area (TPSA) is 194 Å². The zero-order valence-electron chi connectivity index (χ0n) is 23.3. The molecule has 0 saturated carbocycles. The Morgan fingerprint density at radius 3 is 2.49 bits per heavy atom. The fourth-order valence-electron chi connectivity index (χ4n) is 5.13. The molecule has 1 unspecified atom stereocenters. The van der Waals surface area contributed by atoms with Crippen molar-refractivity contribution in [2.45, 2.75) is 75.9 Å². The molecule has 0 bridgehead atoms. The molecule has 3 rings (SSSR count). The second-order valence-electron chi connectivity index (χ2n) is 11.0. The highest BCUT2D eigenvalue weighted by Gasteiger charge is 2.36. The summed E-state index contributed by atoms with van der Waals surface area (Å²) in [7, 11) is -5.21. The monoisotopic (exact) mass is 595 g/mol. The quantitative estimate of drug-likeness (QED) is 0.218. The Labute approximate surface area is 240 Å². The van der Waals surface area contributed by atoms with Gasteiger partial charge in [0.15, 0.2) is 5.44 Å². The number of amides is 4. The molecule has 2 fully saturated rings. The summed E-state index contributed by atoms with van der Waals surface area (Å²) in [5.41, 5.74) is -1.40. The second kappa shape index (κ2) is 14.6. The summed E-state index contributed by atoms with van der Waals surface area (Å²) >= 11 is 0. The minimum Gasteiger partial charge on any atom is -0.746 e. The summed E-state index contributed by atoms with van der Waals surface area (Å²) < 4.78 is 40.0. The average molecular weight is 596 g/mol. The third kappa shape index (κ3) is 9.68. The fourth-order valence-corrected chi connectivity index (χ4v) is 5.72. The van der Waals surface area contributed by atoms with Gasteiger partial charge in [0, 0.05) is 25.4 Å². The molecule has 0 aromatic heterocycles. The van der Waals surface area contributed by atoms with Crippen LogP contribution in [0, 0.1) is 11.8 Å². The van der Waals surface area contributed by atoms with Crippen LogP contribution >= 0.6 is 0 Å². The molecule has 2 aliphatic heterocycles. The number of nitrogens with one attached hydrogen (secondary N) is 3. The Balaban J connectivity index is 1.60. The van der Waals surface area contributed by atoms with Crippen LogP contribution in [0.15, 0.2) is 30.3 Å². The van der Waals surface area contributed by atoms with E-state index in [9.17, 15) is 37.3 Å². The van der Waals surface area contributed by atoms with Crippen LogP contribution < -0.4 is 16.0 Å². The predicted octanol–water partition coefficient (Wildman–Crippen LogP) is 0.236. The Kier molecular flexibility index (Phi) is 11.5. The van der Waals surface area contributed by atoms with E-state index in [0.29, 0.717) is 38.8 Å². The molecule has 0 aliphatic carbocycles. The molecule has 2 aliphatic rings. The van der Waals surface area contributed by atoms with Crippen LogP contribution in [0.4, 0.5) is 4.79 Å². The van der Waals surface area contributed by atoms with Crippen LogP contribution in [0.2, 0.25) is 0 Å². The van der Waals surface area contributed by atoms with Crippen LogP contribution in [-0.4, -0.2) is 90.0 Å². The van der Waals surface area contributed by atoms with E-state index in [1.165, 1.54) is 0 Å². The van der Waals surface area contributed by atoms with Crippen molar-refractivity contribution < 1.29 is 42.0 Å². The normalized spacial score (nSPS) is 21.3. The van der Waals surface area contributed by atoms with Gasteiger partial charge in [0.25, 0.3) is 0 Å². The van der Waals surface area contributed by atoms with Crippen molar-refractivity contribution in [1.82, 2.24) is 20.9 Å². The lowest BCUT2D eigenvalue weighted by Gasteiger charge is -2.30. The number of carbonyl (C=O) groups is 4. The lowest BCUT2D eigenvalue weighted by molar-refractivity contribution is -0.129. The van der Waals surface area contributed by atoms with E-state index >= 15 is 0 Å². The number of hydrogen-bond acceptors (Lipinski definition) is 9. The summed E-state index contributed by atoms with van der Waals surface area (Å²) in [5, 5.41) is 17.6. The highest BCUT2D eigenvalue weighted by Crippen LogP contribution is 2.21. The number of aliphatic hydroxyl groups is 1. The van der Waals surface area contributed by atoms with Crippen molar-refractivity contribution in [2.75, 3.05) is 19.7 Å². The zero-order chi connectivity index (χ0) is 30.2. The van der Waals surface area contributed by atoms with Crippen molar-refractivity contribution in [3.05, 3.63) is 35.9 Å². The van der Waals surface area contributed by atoms with Crippen molar-refractivity contribution in [1.29, 1.82) is 0 Å². The third-order valence-electron chi connectivity index (χ3n) is 7.33. The zero-order valence-corrected chi connectivity index (χ0v) is 24.1. The molecule has 13 nitrogen and oxygen atoms in total. The van der Waals surface area contributed by atoms with Gasteiger partial charge >= 0.3 is 6.09 Å². The SMILES string of the molecule is CC(C)C[C@H](NC(=O)OC[C@@H]1CCC(=O)N1CCc1ccccc1)C(=O)N[C@@H](C[C@@H]1CCNC1=O)C(O)S(=O)(=O)[O-]. The van der Waals surface area contributed by atoms with E-state index in [2.05, 4.69) is 16.0 Å².